The highest BCUT2D eigenvalue weighted by Gasteiger charge is 2.17. The Kier molecular flexibility index (Phi) is 31.8. The van der Waals surface area contributed by atoms with Crippen molar-refractivity contribution in [3.63, 3.8) is 0 Å². The van der Waals surface area contributed by atoms with Crippen LogP contribution in [0.5, 0.6) is 11.5 Å². The summed E-state index contributed by atoms with van der Waals surface area (Å²) in [4.78, 5) is 11.3. The molecule has 5 heterocycles. The summed E-state index contributed by atoms with van der Waals surface area (Å²) >= 11 is 11.8. The van der Waals surface area contributed by atoms with Crippen LogP contribution in [0.4, 0.5) is 8.78 Å². The monoisotopic (exact) mass is 1340 g/mol. The lowest BCUT2D eigenvalue weighted by Gasteiger charge is -2.15. The molecule has 95 heavy (non-hydrogen) atoms. The van der Waals surface area contributed by atoms with Crippen molar-refractivity contribution in [1.29, 1.82) is 0 Å². The highest BCUT2D eigenvalue weighted by atomic mass is 35.5. The second kappa shape index (κ2) is 39.8. The van der Waals surface area contributed by atoms with Crippen molar-refractivity contribution in [2.75, 3.05) is 82.2 Å². The van der Waals surface area contributed by atoms with E-state index in [4.69, 9.17) is 32.7 Å². The van der Waals surface area contributed by atoms with Crippen molar-refractivity contribution in [3.8, 4) is 67.8 Å². The number of nitrogens with zero attached hydrogens (tertiary/aromatic N) is 10. The number of nitrogens with one attached hydrogen (secondary N) is 5. The van der Waals surface area contributed by atoms with Crippen LogP contribution in [0.25, 0.3) is 56.3 Å². The molecule has 0 amide bonds. The molecule has 10 aromatic rings. The number of benzene rings is 5. The Hall–Kier alpha value is -8.01. The molecule has 0 atom stereocenters. The van der Waals surface area contributed by atoms with E-state index in [1.54, 1.807) is 37.7 Å². The number of aromatic amines is 5. The van der Waals surface area contributed by atoms with Gasteiger partial charge in [-0.05, 0) is 186 Å². The van der Waals surface area contributed by atoms with Gasteiger partial charge in [-0.2, -0.15) is 25.5 Å². The SMILES string of the molecule is CCCN(C)Cc1cn[nH]c1-c1ccc(Cl)cc1C.CCCN(C)Cc1cn[nH]c1-c1ccc(Cl)cc1F.CCCN(C)Cc1cn[nH]c1-c1ccc(OC)c(F)c1.CCCN(C)Cc1cn[nH]c1-c1cccc(C)c1.CCCN(C)Cc1cn[nH]c1-c1cccc(OC)c1. The van der Waals surface area contributed by atoms with Crippen molar-refractivity contribution < 1.29 is 18.3 Å². The second-order valence-electron chi connectivity index (χ2n) is 24.1. The largest absolute Gasteiger partial charge is 0.497 e. The van der Waals surface area contributed by atoms with Crippen LogP contribution >= 0.6 is 23.2 Å². The summed E-state index contributed by atoms with van der Waals surface area (Å²) in [5, 5.41) is 37.0. The molecular weight excluding hydrogens is 1240 g/mol. The molecule has 0 fully saturated rings. The first kappa shape index (κ1) is 76.0. The third-order valence-corrected chi connectivity index (χ3v) is 16.1. The number of hydrogen-bond donors (Lipinski definition) is 5. The molecule has 5 N–H and O–H groups in total. The molecule has 0 unspecified atom stereocenters. The van der Waals surface area contributed by atoms with Gasteiger partial charge in [-0.25, -0.2) is 8.78 Å². The molecule has 0 aliphatic heterocycles. The molecule has 10 rings (SSSR count). The van der Waals surface area contributed by atoms with Gasteiger partial charge in [-0.3, -0.25) is 25.5 Å². The lowest BCUT2D eigenvalue weighted by Crippen LogP contribution is -2.18. The van der Waals surface area contributed by atoms with Gasteiger partial charge in [0.05, 0.1) is 73.7 Å². The molecule has 0 saturated carbocycles. The summed E-state index contributed by atoms with van der Waals surface area (Å²) in [5.41, 5.74) is 17.8. The smallest absolute Gasteiger partial charge is 0.165 e. The number of rotatable bonds is 27. The molecule has 0 spiro atoms. The summed E-state index contributed by atoms with van der Waals surface area (Å²) in [6, 6.07) is 32.1. The Morgan fingerprint density at radius 1 is 0.389 bits per heavy atom. The number of halogens is 4. The Morgan fingerprint density at radius 3 is 1.14 bits per heavy atom. The first-order chi connectivity index (χ1) is 45.8. The fourth-order valence-electron chi connectivity index (χ4n) is 11.1. The Labute approximate surface area is 572 Å². The van der Waals surface area contributed by atoms with Gasteiger partial charge in [0.2, 0.25) is 0 Å². The van der Waals surface area contributed by atoms with E-state index in [1.807, 2.05) is 62.0 Å². The van der Waals surface area contributed by atoms with E-state index in [0.29, 0.717) is 10.6 Å². The van der Waals surface area contributed by atoms with Crippen LogP contribution in [0.2, 0.25) is 10.0 Å². The summed E-state index contributed by atoms with van der Waals surface area (Å²) in [6.45, 7) is 24.6. The van der Waals surface area contributed by atoms with E-state index in [-0.39, 0.29) is 17.4 Å². The first-order valence-electron chi connectivity index (χ1n) is 32.6. The number of H-pyrrole nitrogens is 5. The summed E-state index contributed by atoms with van der Waals surface area (Å²) in [6.07, 6.45) is 15.0. The van der Waals surface area contributed by atoms with E-state index < -0.39 is 0 Å². The van der Waals surface area contributed by atoms with Gasteiger partial charge < -0.3 is 34.0 Å². The van der Waals surface area contributed by atoms with Crippen LogP contribution < -0.4 is 9.47 Å². The lowest BCUT2D eigenvalue weighted by molar-refractivity contribution is 0.328. The first-order valence-corrected chi connectivity index (χ1v) is 33.4. The average molecular weight is 1340 g/mol. The van der Waals surface area contributed by atoms with Gasteiger partial charge >= 0.3 is 0 Å². The number of aryl methyl sites for hydroxylation is 2. The number of aromatic nitrogens is 10. The Morgan fingerprint density at radius 2 is 0.758 bits per heavy atom. The van der Waals surface area contributed by atoms with Crippen molar-refractivity contribution >= 4 is 23.2 Å². The highest BCUT2D eigenvalue weighted by Crippen LogP contribution is 2.31. The second-order valence-corrected chi connectivity index (χ2v) is 24.9. The van der Waals surface area contributed by atoms with E-state index in [9.17, 15) is 8.78 Å². The predicted molar refractivity (Wildman–Crippen MR) is 386 cm³/mol. The van der Waals surface area contributed by atoms with E-state index in [0.717, 1.165) is 158 Å². The van der Waals surface area contributed by atoms with Crippen LogP contribution in [0.1, 0.15) is 106 Å². The quantitative estimate of drug-likeness (QED) is 0.0330. The van der Waals surface area contributed by atoms with Gasteiger partial charge in [0.15, 0.2) is 11.6 Å². The van der Waals surface area contributed by atoms with Crippen molar-refractivity contribution in [2.45, 2.75) is 113 Å². The zero-order valence-corrected chi connectivity index (χ0v) is 59.6. The molecule has 0 saturated heterocycles. The fourth-order valence-corrected chi connectivity index (χ4v) is 11.5. The summed E-state index contributed by atoms with van der Waals surface area (Å²) in [7, 11) is 13.7. The standard InChI is InChI=1S/C15H20ClN3.C15H20FN3O.C15H21N3O.C15H21N3.C14H17ClFN3/c1-4-7-19(3)10-12-9-17-18-15(12)14-6-5-13(16)8-11(14)2;1-4-7-19(2)10-12-9-17-18-15(12)11-5-6-14(20-3)13(16)8-11;1-4-8-18(2)11-13-10-16-17-15(13)12-6-5-7-14(9-12)19-3;1-4-8-18(3)11-14-10-16-17-15(14)13-7-5-6-12(2)9-13;1-3-6-19(2)9-10-8-17-18-14(10)12-5-4-11(15)7-13(12)16/h5-6,8-9H,4,7,10H2,1-3H3,(H,17,18);5-6,8-9H,4,7,10H2,1-3H3,(H,17,18);5-7,9-10H,4,8,11H2,1-3H3,(H,16,17);5-7,9-10H,4,8,11H2,1-3H3,(H,16,17);4-5,7-8H,3,6,9H2,1-2H3,(H,17,18). The van der Waals surface area contributed by atoms with Crippen molar-refractivity contribution in [2.24, 2.45) is 0 Å². The normalized spacial score (nSPS) is 11.1. The minimum Gasteiger partial charge on any atom is -0.497 e. The zero-order valence-electron chi connectivity index (χ0n) is 58.1. The summed E-state index contributed by atoms with van der Waals surface area (Å²) in [5.74, 6) is 0.404. The molecule has 510 valence electrons. The topological polar surface area (TPSA) is 178 Å². The molecule has 0 aliphatic rings. The van der Waals surface area contributed by atoms with E-state index in [2.05, 4.69) is 189 Å². The third-order valence-electron chi connectivity index (χ3n) is 15.6. The van der Waals surface area contributed by atoms with Crippen molar-refractivity contribution in [3.05, 3.63) is 195 Å². The van der Waals surface area contributed by atoms with Gasteiger partial charge in [0.25, 0.3) is 0 Å². The number of ether oxygens (including phenoxy) is 2. The third kappa shape index (κ3) is 23.7. The molecule has 0 bridgehead atoms. The molecule has 0 radical (unpaired) electrons. The van der Waals surface area contributed by atoms with Gasteiger partial charge in [-0.1, -0.05) is 99.8 Å². The molecule has 21 heteroatoms. The number of methoxy groups -OCH3 is 2. The van der Waals surface area contributed by atoms with Crippen LogP contribution in [-0.2, 0) is 32.7 Å². The van der Waals surface area contributed by atoms with E-state index >= 15 is 0 Å². The molecule has 5 aromatic heterocycles. The zero-order chi connectivity index (χ0) is 68.8. The predicted octanol–water partition coefficient (Wildman–Crippen LogP) is 16.8. The Balaban J connectivity index is 0.000000188. The van der Waals surface area contributed by atoms with Crippen LogP contribution in [-0.4, -0.2) is 158 Å². The molecule has 0 aliphatic carbocycles. The maximum Gasteiger partial charge on any atom is 0.165 e. The van der Waals surface area contributed by atoms with Gasteiger partial charge in [0.1, 0.15) is 11.6 Å². The van der Waals surface area contributed by atoms with Gasteiger partial charge in [-0.15, -0.1) is 0 Å². The maximum absolute atomic E-state index is 13.9. The van der Waals surface area contributed by atoms with E-state index in [1.165, 1.54) is 59.0 Å². The van der Waals surface area contributed by atoms with Gasteiger partial charge in [0, 0.05) is 98.4 Å². The Bertz CT molecular complexity index is 3740. The number of hydrogen-bond acceptors (Lipinski definition) is 12. The molecule has 5 aromatic carbocycles. The van der Waals surface area contributed by atoms with Crippen molar-refractivity contribution in [1.82, 2.24) is 75.5 Å². The van der Waals surface area contributed by atoms with Crippen LogP contribution in [0.3, 0.4) is 0 Å². The van der Waals surface area contributed by atoms with Crippen LogP contribution in [0, 0.1) is 25.5 Å². The maximum atomic E-state index is 13.9. The lowest BCUT2D eigenvalue weighted by atomic mass is 10.0. The van der Waals surface area contributed by atoms with Crippen LogP contribution in [0.15, 0.2) is 134 Å². The average Bonchev–Trinajstić information content (AvgIpc) is 1.87. The molecule has 17 nitrogen and oxygen atoms in total. The minimum atomic E-state index is -0.368. The highest BCUT2D eigenvalue weighted by molar-refractivity contribution is 6.31. The summed E-state index contributed by atoms with van der Waals surface area (Å²) < 4.78 is 37.9. The minimum absolute atomic E-state index is 0.248. The fraction of sp³-hybridized carbons (Fsp3) is 0.392. The molecular formula is C74H99Cl2F2N15O2.